The largest absolute Gasteiger partial charge is 0.309 e. The van der Waals surface area contributed by atoms with E-state index < -0.39 is 0 Å². The van der Waals surface area contributed by atoms with E-state index in [1.165, 1.54) is 53.9 Å². The van der Waals surface area contributed by atoms with E-state index in [0.717, 1.165) is 27.5 Å². The van der Waals surface area contributed by atoms with Crippen LogP contribution in [0.4, 0.5) is 0 Å². The number of aryl methyl sites for hydroxylation is 1. The zero-order chi connectivity index (χ0) is 27.8. The first-order chi connectivity index (χ1) is 20.7. The summed E-state index contributed by atoms with van der Waals surface area (Å²) in [5.41, 5.74) is 10.4. The lowest BCUT2D eigenvalue weighted by molar-refractivity contribution is 1.13. The van der Waals surface area contributed by atoms with Crippen molar-refractivity contribution in [3.05, 3.63) is 139 Å². The molecule has 198 valence electrons. The van der Waals surface area contributed by atoms with Crippen LogP contribution in [0.15, 0.2) is 133 Å². The lowest BCUT2D eigenvalue weighted by Gasteiger charge is -2.15. The predicted octanol–water partition coefficient (Wildman–Crippen LogP) is 10.5. The maximum absolute atomic E-state index is 5.14. The third-order valence-electron chi connectivity index (χ3n) is 8.37. The van der Waals surface area contributed by atoms with E-state index in [0.29, 0.717) is 0 Å². The summed E-state index contributed by atoms with van der Waals surface area (Å²) in [4.78, 5) is 5.14. The van der Waals surface area contributed by atoms with Crippen LogP contribution in [0.3, 0.4) is 0 Å². The highest BCUT2D eigenvalue weighted by atomic mass is 32.1. The Morgan fingerprint density at radius 2 is 0.952 bits per heavy atom. The topological polar surface area (TPSA) is 22.8 Å². The van der Waals surface area contributed by atoms with E-state index >= 15 is 0 Å². The highest BCUT2D eigenvalue weighted by Gasteiger charge is 2.18. The van der Waals surface area contributed by atoms with Gasteiger partial charge in [0.1, 0.15) is 5.01 Å². The van der Waals surface area contributed by atoms with E-state index in [2.05, 4.69) is 150 Å². The van der Waals surface area contributed by atoms with E-state index in [1.807, 2.05) is 0 Å². The van der Waals surface area contributed by atoms with Gasteiger partial charge in [-0.1, -0.05) is 78.9 Å². The van der Waals surface area contributed by atoms with Gasteiger partial charge in [-0.3, -0.25) is 0 Å². The molecule has 9 rings (SSSR count). The van der Waals surface area contributed by atoms with Crippen molar-refractivity contribution < 1.29 is 0 Å². The molecule has 0 fully saturated rings. The van der Waals surface area contributed by atoms with Gasteiger partial charge in [-0.05, 0) is 67.1 Å². The van der Waals surface area contributed by atoms with E-state index in [1.54, 1.807) is 11.3 Å². The summed E-state index contributed by atoms with van der Waals surface area (Å²) in [5, 5.41) is 6.06. The molecule has 0 atom stereocenters. The van der Waals surface area contributed by atoms with Gasteiger partial charge in [0.2, 0.25) is 0 Å². The Labute approximate surface area is 246 Å². The molecule has 0 spiro atoms. The van der Waals surface area contributed by atoms with Crippen LogP contribution in [0, 0.1) is 6.92 Å². The number of hydrogen-bond donors (Lipinski definition) is 0. The molecule has 0 amide bonds. The Kier molecular flexibility index (Phi) is 4.98. The Hall–Kier alpha value is -5.19. The molecule has 9 aromatic rings. The molecule has 0 saturated heterocycles. The number of benzene rings is 6. The summed E-state index contributed by atoms with van der Waals surface area (Å²) in [5.74, 6) is 0. The Morgan fingerprint density at radius 3 is 1.43 bits per heavy atom. The fraction of sp³-hybridized carbons (Fsp3) is 0.0263. The lowest BCUT2D eigenvalue weighted by atomic mass is 10.1. The number of fused-ring (bicyclic) bond motifs is 7. The van der Waals surface area contributed by atoms with Crippen molar-refractivity contribution in [2.24, 2.45) is 0 Å². The Morgan fingerprint density at radius 1 is 0.500 bits per heavy atom. The lowest BCUT2D eigenvalue weighted by Crippen LogP contribution is -2.00. The molecule has 3 aromatic heterocycles. The highest BCUT2D eigenvalue weighted by Crippen LogP contribution is 2.39. The molecule has 0 saturated carbocycles. The second kappa shape index (κ2) is 8.90. The molecule has 6 aromatic carbocycles. The first kappa shape index (κ1) is 23.5. The highest BCUT2D eigenvalue weighted by molar-refractivity contribution is 7.21. The van der Waals surface area contributed by atoms with E-state index in [4.69, 9.17) is 4.98 Å². The molecular weight excluding hydrogens is 531 g/mol. The normalized spacial score (nSPS) is 11.9. The van der Waals surface area contributed by atoms with Gasteiger partial charge in [0.15, 0.2) is 0 Å². The van der Waals surface area contributed by atoms with Gasteiger partial charge in [0.05, 0.1) is 32.3 Å². The van der Waals surface area contributed by atoms with Gasteiger partial charge in [0, 0.05) is 38.5 Å². The average molecular weight is 556 g/mol. The zero-order valence-corrected chi connectivity index (χ0v) is 23.8. The minimum Gasteiger partial charge on any atom is -0.309 e. The van der Waals surface area contributed by atoms with E-state index in [-0.39, 0.29) is 0 Å². The second-order valence-corrected chi connectivity index (χ2v) is 12.0. The van der Waals surface area contributed by atoms with Crippen molar-refractivity contribution >= 4 is 65.2 Å². The van der Waals surface area contributed by atoms with E-state index in [9.17, 15) is 0 Å². The average Bonchev–Trinajstić information content (AvgIpc) is 3.71. The quantitative estimate of drug-likeness (QED) is 0.213. The zero-order valence-electron chi connectivity index (χ0n) is 23.0. The fourth-order valence-corrected chi connectivity index (χ4v) is 7.47. The number of para-hydroxylation sites is 4. The molecule has 0 bridgehead atoms. The van der Waals surface area contributed by atoms with Gasteiger partial charge in [-0.25, -0.2) is 4.98 Å². The maximum atomic E-state index is 5.14. The van der Waals surface area contributed by atoms with Crippen LogP contribution in [0.25, 0.3) is 75.8 Å². The first-order valence-electron chi connectivity index (χ1n) is 14.2. The molecular formula is C38H25N3S. The number of thiazole rings is 1. The Bertz CT molecular complexity index is 2250. The van der Waals surface area contributed by atoms with Crippen LogP contribution in [0.5, 0.6) is 0 Å². The molecule has 42 heavy (non-hydrogen) atoms. The molecule has 0 N–H and O–H groups in total. The molecule has 3 nitrogen and oxygen atoms in total. The predicted molar refractivity (Wildman–Crippen MR) is 178 cm³/mol. The SMILES string of the molecule is Cc1ccc2sc(-c3cc(-n4c5ccccc5c5ccccc54)cc(-n4c5ccccc5c5ccccc54)c3)nc2c1. The summed E-state index contributed by atoms with van der Waals surface area (Å²) < 4.78 is 6.02. The molecule has 3 heterocycles. The first-order valence-corrected chi connectivity index (χ1v) is 15.0. The van der Waals surface area contributed by atoms with Crippen LogP contribution >= 0.6 is 11.3 Å². The number of hydrogen-bond acceptors (Lipinski definition) is 2. The van der Waals surface area contributed by atoms with Gasteiger partial charge in [-0.2, -0.15) is 0 Å². The van der Waals surface area contributed by atoms with Crippen molar-refractivity contribution in [3.63, 3.8) is 0 Å². The molecule has 0 unspecified atom stereocenters. The second-order valence-electron chi connectivity index (χ2n) is 11.0. The van der Waals surface area contributed by atoms with Crippen LogP contribution in [-0.4, -0.2) is 14.1 Å². The smallest absolute Gasteiger partial charge is 0.124 e. The summed E-state index contributed by atoms with van der Waals surface area (Å²) >= 11 is 1.76. The van der Waals surface area contributed by atoms with Crippen LogP contribution in [0.2, 0.25) is 0 Å². The number of nitrogens with zero attached hydrogens (tertiary/aromatic N) is 3. The standard InChI is InChI=1S/C38H25N3S/c1-24-18-19-37-32(20-24)39-38(42-37)25-21-26(40-33-14-6-2-10-28(33)29-11-3-7-15-34(29)40)23-27(22-25)41-35-16-8-4-12-30(35)31-13-5-9-17-36(31)41/h2-23H,1H3. The van der Waals surface area contributed by atoms with Crippen molar-refractivity contribution in [1.82, 2.24) is 14.1 Å². The van der Waals surface area contributed by atoms with Gasteiger partial charge < -0.3 is 9.13 Å². The third kappa shape index (κ3) is 3.42. The summed E-state index contributed by atoms with van der Waals surface area (Å²) in [6, 6.07) is 48.3. The van der Waals surface area contributed by atoms with Crippen LogP contribution < -0.4 is 0 Å². The van der Waals surface area contributed by atoms with Crippen molar-refractivity contribution in [2.45, 2.75) is 6.92 Å². The van der Waals surface area contributed by atoms with Crippen LogP contribution in [-0.2, 0) is 0 Å². The molecule has 0 radical (unpaired) electrons. The molecule has 0 aliphatic rings. The molecule has 4 heteroatoms. The minimum absolute atomic E-state index is 1.03. The van der Waals surface area contributed by atoms with Gasteiger partial charge in [-0.15, -0.1) is 11.3 Å². The number of rotatable bonds is 3. The molecule has 0 aliphatic carbocycles. The van der Waals surface area contributed by atoms with Gasteiger partial charge in [0.25, 0.3) is 0 Å². The monoisotopic (exact) mass is 555 g/mol. The summed E-state index contributed by atoms with van der Waals surface area (Å²) in [6.45, 7) is 2.13. The maximum Gasteiger partial charge on any atom is 0.124 e. The summed E-state index contributed by atoms with van der Waals surface area (Å²) in [6.07, 6.45) is 0. The van der Waals surface area contributed by atoms with Crippen molar-refractivity contribution in [3.8, 4) is 21.9 Å². The summed E-state index contributed by atoms with van der Waals surface area (Å²) in [7, 11) is 0. The number of aromatic nitrogens is 3. The molecule has 0 aliphatic heterocycles. The Balaban J connectivity index is 1.41. The minimum atomic E-state index is 1.03. The fourth-order valence-electron chi connectivity index (χ4n) is 6.54. The van der Waals surface area contributed by atoms with Crippen molar-refractivity contribution in [2.75, 3.05) is 0 Å². The van der Waals surface area contributed by atoms with Crippen molar-refractivity contribution in [1.29, 1.82) is 0 Å². The van der Waals surface area contributed by atoms with Crippen LogP contribution in [0.1, 0.15) is 5.56 Å². The third-order valence-corrected chi connectivity index (χ3v) is 9.45. The van der Waals surface area contributed by atoms with Gasteiger partial charge >= 0.3 is 0 Å².